The number of anilines is 2. The summed E-state index contributed by atoms with van der Waals surface area (Å²) in [6.45, 7) is 15.4. The van der Waals surface area contributed by atoms with Gasteiger partial charge >= 0.3 is 0 Å². The first-order valence-electron chi connectivity index (χ1n) is 20.0. The number of thiophene rings is 1. The summed E-state index contributed by atoms with van der Waals surface area (Å²) in [7, 11) is 4.07. The quantitative estimate of drug-likeness (QED) is 0.185. The minimum atomic E-state index is -0.605. The maximum absolute atomic E-state index is 17.0. The third-order valence-electron chi connectivity index (χ3n) is 11.3. The van der Waals surface area contributed by atoms with E-state index < -0.39 is 17.8 Å². The van der Waals surface area contributed by atoms with E-state index in [1.54, 1.807) is 0 Å². The van der Waals surface area contributed by atoms with Gasteiger partial charge in [-0.05, 0) is 88.9 Å². The summed E-state index contributed by atoms with van der Waals surface area (Å²) in [5.74, 6) is 0.121. The molecule has 0 spiro atoms. The van der Waals surface area contributed by atoms with Crippen LogP contribution in [0.15, 0.2) is 36.6 Å². The van der Waals surface area contributed by atoms with E-state index in [9.17, 15) is 14.0 Å². The summed E-state index contributed by atoms with van der Waals surface area (Å²) < 4.78 is 44.7. The Balaban J connectivity index is 0.000000416. The number of allylic oxidation sites excluding steroid dienone is 1. The fourth-order valence-electron chi connectivity index (χ4n) is 8.59. The molecular weight excluding hydrogens is 753 g/mol. The van der Waals surface area contributed by atoms with Crippen LogP contribution in [-0.2, 0) is 12.8 Å². The van der Waals surface area contributed by atoms with E-state index in [4.69, 9.17) is 27.3 Å². The minimum absolute atomic E-state index is 0.116. The molecule has 2 aromatic heterocycles. The van der Waals surface area contributed by atoms with Gasteiger partial charge in [-0.15, -0.1) is 11.3 Å². The molecule has 300 valence electrons. The van der Waals surface area contributed by atoms with Gasteiger partial charge in [0.15, 0.2) is 5.82 Å². The molecule has 0 amide bonds. The van der Waals surface area contributed by atoms with E-state index in [1.807, 2.05) is 34.9 Å². The zero-order valence-corrected chi connectivity index (χ0v) is 34.8. The third-order valence-corrected chi connectivity index (χ3v) is 12.7. The van der Waals surface area contributed by atoms with Gasteiger partial charge in [0.1, 0.15) is 40.2 Å². The summed E-state index contributed by atoms with van der Waals surface area (Å²) in [5, 5.41) is 11.2. The van der Waals surface area contributed by atoms with Crippen molar-refractivity contribution >= 4 is 54.7 Å². The van der Waals surface area contributed by atoms with Crippen LogP contribution in [-0.4, -0.2) is 96.3 Å². The highest BCUT2D eigenvalue weighted by atomic mass is 35.5. The molecule has 0 bridgehead atoms. The van der Waals surface area contributed by atoms with Gasteiger partial charge in [0.05, 0.1) is 20.7 Å². The monoisotopic (exact) mass is 806 g/mol. The van der Waals surface area contributed by atoms with Crippen molar-refractivity contribution < 1.29 is 13.2 Å². The van der Waals surface area contributed by atoms with E-state index in [-0.39, 0.29) is 42.8 Å². The fraction of sp³-hybridized carbons (Fsp3) is 0.512. The molecule has 0 aliphatic carbocycles. The van der Waals surface area contributed by atoms with Crippen molar-refractivity contribution in [2.24, 2.45) is 0 Å². The maximum Gasteiger partial charge on any atom is 0.158 e. The molecule has 3 atom stereocenters. The van der Waals surface area contributed by atoms with Crippen molar-refractivity contribution in [3.63, 3.8) is 0 Å². The Morgan fingerprint density at radius 3 is 2.59 bits per heavy atom. The average molecular weight is 807 g/mol. The number of halogens is 4. The smallest absolute Gasteiger partial charge is 0.158 e. The Bertz CT molecular complexity index is 2130. The van der Waals surface area contributed by atoms with Crippen molar-refractivity contribution in [2.75, 3.05) is 64.0 Å². The number of rotatable bonds is 7. The molecule has 8 rings (SSSR count). The van der Waals surface area contributed by atoms with Gasteiger partial charge in [-0.25, -0.2) is 23.1 Å². The first kappa shape index (κ1) is 41.7. The predicted octanol–water partition coefficient (Wildman–Crippen LogP) is 9.53. The highest BCUT2D eigenvalue weighted by Gasteiger charge is 2.36. The lowest BCUT2D eigenvalue weighted by Gasteiger charge is -2.34. The van der Waals surface area contributed by atoms with Crippen LogP contribution in [0.5, 0.6) is 0 Å². The fourth-order valence-corrected chi connectivity index (χ4v) is 9.91. The zero-order chi connectivity index (χ0) is 40.3. The number of nitrogens with two attached hydrogens (primary N) is 1. The Labute approximate surface area is 338 Å². The van der Waals surface area contributed by atoms with E-state index >= 15 is 4.39 Å². The van der Waals surface area contributed by atoms with E-state index in [0.29, 0.717) is 48.0 Å². The Hall–Kier alpha value is -3.89. The average Bonchev–Trinajstić information content (AvgIpc) is 3.97. The van der Waals surface area contributed by atoms with Crippen LogP contribution in [0.1, 0.15) is 76.2 Å². The summed E-state index contributed by atoms with van der Waals surface area (Å²) >= 11 is 8.15. The van der Waals surface area contributed by atoms with Crippen LogP contribution in [0.3, 0.4) is 0 Å². The summed E-state index contributed by atoms with van der Waals surface area (Å²) in [6, 6.07) is 5.61. The van der Waals surface area contributed by atoms with Gasteiger partial charge in [0.25, 0.3) is 0 Å². The number of hydrogen-bond acceptors (Lipinski definition) is 9. The first-order valence-corrected chi connectivity index (χ1v) is 21.2. The molecule has 6 heterocycles. The molecule has 0 saturated carbocycles. The van der Waals surface area contributed by atoms with Gasteiger partial charge in [-0.2, -0.15) is 5.26 Å². The van der Waals surface area contributed by atoms with Crippen LogP contribution >= 0.6 is 22.9 Å². The number of aryl methyl sites for hydroxylation is 2. The molecule has 4 aromatic rings. The molecule has 2 N–H and O–H groups in total. The highest BCUT2D eigenvalue weighted by molar-refractivity contribution is 7.23. The van der Waals surface area contributed by atoms with Crippen LogP contribution < -0.4 is 10.6 Å². The van der Waals surface area contributed by atoms with Crippen molar-refractivity contribution in [1.29, 1.82) is 5.26 Å². The second-order valence-electron chi connectivity index (χ2n) is 15.1. The van der Waals surface area contributed by atoms with Crippen molar-refractivity contribution in [2.45, 2.75) is 90.4 Å². The van der Waals surface area contributed by atoms with Crippen molar-refractivity contribution in [3.8, 4) is 17.2 Å². The molecule has 0 radical (unpaired) electrons. The number of likely N-dealkylation sites (N-methyl/N-ethyl adjacent to an activating group) is 1. The lowest BCUT2D eigenvalue weighted by molar-refractivity contribution is 0.292. The van der Waals surface area contributed by atoms with Crippen LogP contribution in [0.2, 0.25) is 5.02 Å². The van der Waals surface area contributed by atoms with Gasteiger partial charge in [0.2, 0.25) is 0 Å². The molecule has 13 heteroatoms. The van der Waals surface area contributed by atoms with Crippen LogP contribution in [0.4, 0.5) is 24.0 Å². The molecule has 2 aromatic carbocycles. The molecular formula is C43H54ClF3N8S. The highest BCUT2D eigenvalue weighted by Crippen LogP contribution is 2.48. The number of fused-ring (bicyclic) bond motifs is 2. The van der Waals surface area contributed by atoms with Crippen molar-refractivity contribution in [3.05, 3.63) is 70.2 Å². The maximum atomic E-state index is 17.0. The van der Waals surface area contributed by atoms with Crippen molar-refractivity contribution in [1.82, 2.24) is 24.7 Å². The van der Waals surface area contributed by atoms with E-state index in [2.05, 4.69) is 44.4 Å². The third kappa shape index (κ3) is 8.24. The predicted molar refractivity (Wildman–Crippen MR) is 226 cm³/mol. The van der Waals surface area contributed by atoms with Gasteiger partial charge in [-0.1, -0.05) is 51.1 Å². The molecule has 3 saturated heterocycles. The first-order chi connectivity index (χ1) is 27.0. The van der Waals surface area contributed by atoms with E-state index in [0.717, 1.165) is 81.0 Å². The molecule has 56 heavy (non-hydrogen) atoms. The van der Waals surface area contributed by atoms with Gasteiger partial charge in [0, 0.05) is 67.9 Å². The molecule has 3 unspecified atom stereocenters. The second-order valence-corrected chi connectivity index (χ2v) is 16.5. The summed E-state index contributed by atoms with van der Waals surface area (Å²) in [5.41, 5.74) is 8.63. The number of aromatic nitrogens is 2. The zero-order valence-electron chi connectivity index (χ0n) is 33.3. The van der Waals surface area contributed by atoms with Crippen LogP contribution in [0, 0.1) is 23.0 Å². The number of nitrogen functional groups attached to an aromatic ring is 1. The summed E-state index contributed by atoms with van der Waals surface area (Å²) in [4.78, 5) is 18.7. The number of benzene rings is 2. The normalized spacial score (nSPS) is 20.8. The van der Waals surface area contributed by atoms with E-state index in [1.165, 1.54) is 25.0 Å². The minimum Gasteiger partial charge on any atom is -0.389 e. The number of nitriles is 1. The Morgan fingerprint density at radius 2 is 1.88 bits per heavy atom. The second kappa shape index (κ2) is 18.1. The standard InChI is InChI=1S/C34H36ClF2N7S.C7H12FN.C2H6/c1-5-25-40-31-28-22(29(35)27(30(31)37)21-11-12-24(36)32-26(21)23(17-38)33(39)45-32)10-6-7-15-44(34(28)41-25)20-13-16-43(18-20)19(2)9-8-14-42(3)4;8-6-4-7-2-1-3-9(7)5-6;1-2/h8-9,11-12,20H,2,5-7,10,13-16,18,39H2,1,3-4H3;6-7H,1-5H2;1-2H3/b9-8+;;. The molecule has 3 fully saturated rings. The lowest BCUT2D eigenvalue weighted by Crippen LogP contribution is -2.39. The summed E-state index contributed by atoms with van der Waals surface area (Å²) in [6.07, 6.45) is 10.8. The molecule has 8 nitrogen and oxygen atoms in total. The van der Waals surface area contributed by atoms with Gasteiger partial charge in [-0.3, -0.25) is 4.90 Å². The topological polar surface area (TPSA) is 88.5 Å². The molecule has 4 aliphatic heterocycles. The number of alkyl halides is 1. The number of likely N-dealkylation sites (tertiary alicyclic amines) is 1. The SMILES string of the molecule is C=C(/C=C/CN(C)C)N1CCC(N2CCCCc3c(Cl)c(-c4ccc(F)c5sc(N)c(C#N)c45)c(F)c4nc(CC)nc2c34)C1.CC.FC1CC2CCCN2C1. The Kier molecular flexibility index (Phi) is 13.5. The Morgan fingerprint density at radius 1 is 1.09 bits per heavy atom. The molecule has 4 aliphatic rings. The lowest BCUT2D eigenvalue weighted by atomic mass is 9.91. The van der Waals surface area contributed by atoms with Gasteiger partial charge < -0.3 is 20.4 Å². The largest absolute Gasteiger partial charge is 0.389 e. The number of hydrogen-bond donors (Lipinski definition) is 1. The van der Waals surface area contributed by atoms with Crippen LogP contribution in [0.25, 0.3) is 32.1 Å². The number of nitrogens with zero attached hydrogens (tertiary/aromatic N) is 7.